The quantitative estimate of drug-likeness (QED) is 0.250. The van der Waals surface area contributed by atoms with Gasteiger partial charge in [-0.25, -0.2) is 0 Å². The molecule has 2 heterocycles. The van der Waals surface area contributed by atoms with E-state index in [4.69, 9.17) is 0 Å². The molecule has 0 atom stereocenters. The maximum Gasteiger partial charge on any atom is 0.209 e. The molecule has 0 unspecified atom stereocenters. The summed E-state index contributed by atoms with van der Waals surface area (Å²) in [7, 11) is 0. The van der Waals surface area contributed by atoms with Crippen LogP contribution < -0.4 is 0 Å². The molecule has 0 amide bonds. The number of halogens is 1. The number of fused-ring (bicyclic) bond motifs is 1. The van der Waals surface area contributed by atoms with Gasteiger partial charge in [-0.1, -0.05) is 76.6 Å². The molecule has 3 aromatic carbocycles. The van der Waals surface area contributed by atoms with Crippen LogP contribution in [0.25, 0.3) is 5.52 Å². The van der Waals surface area contributed by atoms with Crippen molar-refractivity contribution in [2.24, 2.45) is 0 Å². The maximum atomic E-state index is 13.4. The summed E-state index contributed by atoms with van der Waals surface area (Å²) in [6.07, 6.45) is 1.68. The van der Waals surface area contributed by atoms with Crippen LogP contribution in [-0.4, -0.2) is 21.8 Å². The number of hydrogen-bond donors (Lipinski definition) is 0. The third-order valence-corrected chi connectivity index (χ3v) is 6.22. The lowest BCUT2D eigenvalue weighted by atomic mass is 10.0. The second-order valence-electron chi connectivity index (χ2n) is 7.84. The molecule has 4 nitrogen and oxygen atoms in total. The minimum absolute atomic E-state index is 0.150. The summed E-state index contributed by atoms with van der Waals surface area (Å²) in [4.78, 5) is 39.9. The van der Waals surface area contributed by atoms with Gasteiger partial charge in [0.15, 0.2) is 11.6 Å². The Labute approximate surface area is 204 Å². The Morgan fingerprint density at radius 1 is 0.559 bits per heavy atom. The topological polar surface area (TPSA) is 55.6 Å². The highest BCUT2D eigenvalue weighted by Crippen LogP contribution is 2.25. The van der Waals surface area contributed by atoms with Crippen LogP contribution in [0.2, 0.25) is 0 Å². The second kappa shape index (κ2) is 9.04. The van der Waals surface area contributed by atoms with E-state index in [9.17, 15) is 14.4 Å². The fraction of sp³-hybridized carbons (Fsp3) is 0. The van der Waals surface area contributed by atoms with Gasteiger partial charge in [0.1, 0.15) is 0 Å². The average molecular weight is 508 g/mol. The number of hydrogen-bond acceptors (Lipinski definition) is 3. The van der Waals surface area contributed by atoms with Gasteiger partial charge in [0, 0.05) is 38.5 Å². The first-order valence-electron chi connectivity index (χ1n) is 10.7. The predicted molar refractivity (Wildman–Crippen MR) is 135 cm³/mol. The minimum atomic E-state index is -0.211. The Bertz CT molecular complexity index is 1540. The second-order valence-corrected chi connectivity index (χ2v) is 8.76. The lowest BCUT2D eigenvalue weighted by Gasteiger charge is -2.06. The Morgan fingerprint density at radius 2 is 1.12 bits per heavy atom. The van der Waals surface area contributed by atoms with Crippen LogP contribution in [0, 0.1) is 0 Å². The van der Waals surface area contributed by atoms with Crippen molar-refractivity contribution >= 4 is 38.8 Å². The van der Waals surface area contributed by atoms with Gasteiger partial charge < -0.3 is 4.40 Å². The highest BCUT2D eigenvalue weighted by molar-refractivity contribution is 9.10. The van der Waals surface area contributed by atoms with E-state index in [1.165, 1.54) is 0 Å². The van der Waals surface area contributed by atoms with Crippen molar-refractivity contribution in [3.8, 4) is 0 Å². The fourth-order valence-corrected chi connectivity index (χ4v) is 4.21. The van der Waals surface area contributed by atoms with Crippen LogP contribution in [-0.2, 0) is 0 Å². The van der Waals surface area contributed by atoms with E-state index in [-0.39, 0.29) is 17.3 Å². The first-order valence-corrected chi connectivity index (χ1v) is 11.5. The Morgan fingerprint density at radius 3 is 1.74 bits per heavy atom. The van der Waals surface area contributed by atoms with E-state index in [1.54, 1.807) is 89.5 Å². The molecule has 0 aliphatic rings. The highest BCUT2D eigenvalue weighted by Gasteiger charge is 2.23. The largest absolute Gasteiger partial charge is 0.313 e. The van der Waals surface area contributed by atoms with Gasteiger partial charge in [-0.3, -0.25) is 14.4 Å². The van der Waals surface area contributed by atoms with Crippen molar-refractivity contribution in [2.45, 2.75) is 0 Å². The van der Waals surface area contributed by atoms with Crippen LogP contribution >= 0.6 is 15.9 Å². The van der Waals surface area contributed by atoms with Crippen LogP contribution in [0.15, 0.2) is 114 Å². The van der Waals surface area contributed by atoms with Crippen molar-refractivity contribution in [3.05, 3.63) is 147 Å². The summed E-state index contributed by atoms with van der Waals surface area (Å²) in [5, 5.41) is 0. The maximum absolute atomic E-state index is 13.4. The van der Waals surface area contributed by atoms with Crippen molar-refractivity contribution in [1.82, 2.24) is 4.40 Å². The van der Waals surface area contributed by atoms with E-state index in [0.29, 0.717) is 39.0 Å². The van der Waals surface area contributed by atoms with Gasteiger partial charge in [-0.05, 0) is 42.5 Å². The molecule has 0 bridgehead atoms. The van der Waals surface area contributed by atoms with Crippen molar-refractivity contribution in [1.29, 1.82) is 0 Å². The molecule has 0 N–H and O–H groups in total. The molecule has 5 heteroatoms. The number of pyridine rings is 1. The van der Waals surface area contributed by atoms with Crippen LogP contribution in [0.1, 0.15) is 47.9 Å². The zero-order valence-electron chi connectivity index (χ0n) is 17.9. The molecular weight excluding hydrogens is 490 g/mol. The van der Waals surface area contributed by atoms with Crippen LogP contribution in [0.5, 0.6) is 0 Å². The monoisotopic (exact) mass is 507 g/mol. The third kappa shape index (κ3) is 4.02. The lowest BCUT2D eigenvalue weighted by Crippen LogP contribution is -2.06. The minimum Gasteiger partial charge on any atom is -0.313 e. The number of aromatic nitrogens is 1. The van der Waals surface area contributed by atoms with Gasteiger partial charge in [0.05, 0.1) is 11.2 Å². The molecule has 0 saturated carbocycles. The van der Waals surface area contributed by atoms with E-state index in [2.05, 4.69) is 15.9 Å². The van der Waals surface area contributed by atoms with Crippen molar-refractivity contribution < 1.29 is 14.4 Å². The van der Waals surface area contributed by atoms with Crippen LogP contribution in [0.3, 0.4) is 0 Å². The Hall–Kier alpha value is -4.09. The highest BCUT2D eigenvalue weighted by atomic mass is 79.9. The van der Waals surface area contributed by atoms with E-state index < -0.39 is 0 Å². The molecule has 34 heavy (non-hydrogen) atoms. The summed E-state index contributed by atoms with van der Waals surface area (Å²) < 4.78 is 2.55. The van der Waals surface area contributed by atoms with E-state index >= 15 is 0 Å². The fourth-order valence-electron chi connectivity index (χ4n) is 3.95. The standard InChI is InChI=1S/C29H18BrNO3/c30-23-13-11-21(12-14-23)29(34)26-18-24(28(33)20-9-5-2-6-10-20)25-17-22(15-16-31(25)26)27(32)19-7-3-1-4-8-19/h1-18H. The molecule has 0 spiro atoms. The first-order chi connectivity index (χ1) is 16.5. The number of benzene rings is 3. The van der Waals surface area contributed by atoms with E-state index in [1.807, 2.05) is 24.3 Å². The molecule has 0 radical (unpaired) electrons. The molecule has 5 aromatic rings. The van der Waals surface area contributed by atoms with Gasteiger partial charge in [0.25, 0.3) is 0 Å². The summed E-state index contributed by atoms with van der Waals surface area (Å²) in [6.45, 7) is 0. The molecule has 2 aromatic heterocycles. The van der Waals surface area contributed by atoms with Crippen molar-refractivity contribution in [2.75, 3.05) is 0 Å². The number of carbonyl (C=O) groups excluding carboxylic acids is 3. The smallest absolute Gasteiger partial charge is 0.209 e. The molecule has 5 rings (SSSR count). The molecule has 0 aliphatic carbocycles. The first kappa shape index (κ1) is 21.7. The lowest BCUT2D eigenvalue weighted by molar-refractivity contribution is 0.102. The van der Waals surface area contributed by atoms with Crippen molar-refractivity contribution in [3.63, 3.8) is 0 Å². The van der Waals surface area contributed by atoms with Crippen LogP contribution in [0.4, 0.5) is 0 Å². The SMILES string of the molecule is O=C(c1ccccc1)c1ccn2c(C(=O)c3ccc(Br)cc3)cc(C(=O)c3ccccc3)c2c1. The van der Waals surface area contributed by atoms with Gasteiger partial charge in [-0.15, -0.1) is 0 Å². The summed E-state index contributed by atoms with van der Waals surface area (Å²) >= 11 is 3.39. The molecule has 0 aliphatic heterocycles. The molecule has 164 valence electrons. The van der Waals surface area contributed by atoms with Gasteiger partial charge >= 0.3 is 0 Å². The number of nitrogens with zero attached hydrogens (tertiary/aromatic N) is 1. The van der Waals surface area contributed by atoms with E-state index in [0.717, 1.165) is 4.47 Å². The molecule has 0 fully saturated rings. The average Bonchev–Trinajstić information content (AvgIpc) is 3.27. The molecular formula is C29H18BrNO3. The zero-order valence-corrected chi connectivity index (χ0v) is 19.5. The van der Waals surface area contributed by atoms with Gasteiger partial charge in [0.2, 0.25) is 5.78 Å². The molecule has 0 saturated heterocycles. The Balaban J connectivity index is 1.67. The predicted octanol–water partition coefficient (Wildman–Crippen LogP) is 6.39. The third-order valence-electron chi connectivity index (χ3n) is 5.69. The van der Waals surface area contributed by atoms with Gasteiger partial charge in [-0.2, -0.15) is 0 Å². The summed E-state index contributed by atoms with van der Waals surface area (Å²) in [5.41, 5.74) is 3.26. The normalized spacial score (nSPS) is 10.9. The summed E-state index contributed by atoms with van der Waals surface area (Å²) in [6, 6.07) is 29.9. The Kier molecular flexibility index (Phi) is 5.78. The zero-order chi connectivity index (χ0) is 23.7. The number of carbonyl (C=O) groups is 3. The summed E-state index contributed by atoms with van der Waals surface area (Å²) in [5.74, 6) is -0.572. The number of rotatable bonds is 6. The number of ketones is 3.